The maximum Gasteiger partial charge on any atom is 0.200 e. The Morgan fingerprint density at radius 2 is 0.955 bits per heavy atom. The van der Waals surface area contributed by atoms with Crippen LogP contribution in [0.1, 0.15) is 123 Å². The van der Waals surface area contributed by atoms with E-state index in [-0.39, 0.29) is 36.0 Å². The van der Waals surface area contributed by atoms with Crippen LogP contribution < -0.4 is 4.74 Å². The summed E-state index contributed by atoms with van der Waals surface area (Å²) < 4.78 is 94.9. The minimum atomic E-state index is -0.991. The third-order valence-corrected chi connectivity index (χ3v) is 9.74. The lowest BCUT2D eigenvalue weighted by atomic mass is 9.74. The molecule has 2 aliphatic carbocycles. The van der Waals surface area contributed by atoms with Gasteiger partial charge in [-0.2, -0.15) is 4.39 Å². The van der Waals surface area contributed by atoms with Crippen molar-refractivity contribution in [2.45, 2.75) is 102 Å². The molecule has 0 atom stereocenters. The molecule has 0 aliphatic heterocycles. The number of benzene rings is 3. The second kappa shape index (κ2) is 14.3. The molecule has 2 aliphatic rings. The first-order valence-corrected chi connectivity index (χ1v) is 15.9. The Morgan fingerprint density at radius 1 is 0.568 bits per heavy atom. The molecule has 0 saturated heterocycles. The number of halogens is 6. The van der Waals surface area contributed by atoms with Gasteiger partial charge in [0.25, 0.3) is 0 Å². The molecular formula is C37H40F6O. The van der Waals surface area contributed by atoms with Gasteiger partial charge in [0.2, 0.25) is 5.82 Å². The maximum absolute atomic E-state index is 15.5. The Labute approximate surface area is 256 Å². The number of aryl methyl sites for hydroxylation is 1. The lowest BCUT2D eigenvalue weighted by Gasteiger charge is -2.31. The van der Waals surface area contributed by atoms with E-state index in [9.17, 15) is 17.6 Å². The molecule has 0 spiro atoms. The number of ether oxygens (including phenoxy) is 1. The summed E-state index contributed by atoms with van der Waals surface area (Å²) in [5.41, 5.74) is 1.67. The van der Waals surface area contributed by atoms with Crippen molar-refractivity contribution >= 4 is 0 Å². The fraction of sp³-hybridized carbons (Fsp3) is 0.459. The van der Waals surface area contributed by atoms with Gasteiger partial charge in [0.15, 0.2) is 34.8 Å². The van der Waals surface area contributed by atoms with E-state index in [1.807, 2.05) is 19.1 Å². The van der Waals surface area contributed by atoms with Crippen LogP contribution in [0.25, 0.3) is 0 Å². The predicted octanol–water partition coefficient (Wildman–Crippen LogP) is 11.3. The highest BCUT2D eigenvalue weighted by Gasteiger charge is 2.32. The van der Waals surface area contributed by atoms with Crippen molar-refractivity contribution in [2.24, 2.45) is 0 Å². The van der Waals surface area contributed by atoms with E-state index in [2.05, 4.69) is 0 Å². The van der Waals surface area contributed by atoms with Crippen LogP contribution in [0.3, 0.4) is 0 Å². The number of hydrogen-bond donors (Lipinski definition) is 0. The van der Waals surface area contributed by atoms with Crippen molar-refractivity contribution in [2.75, 3.05) is 6.61 Å². The van der Waals surface area contributed by atoms with Gasteiger partial charge in [-0.1, -0.05) is 42.5 Å². The van der Waals surface area contributed by atoms with Crippen LogP contribution in [-0.4, -0.2) is 6.61 Å². The molecule has 1 nitrogen and oxygen atoms in total. The fourth-order valence-electron chi connectivity index (χ4n) is 7.29. The second-order valence-corrected chi connectivity index (χ2v) is 12.2. The second-order valence-electron chi connectivity index (χ2n) is 12.2. The SMILES string of the molecule is C/C=C/CCc1ccc(C2CCC(c3ccc(C4CCC(c5ccc(OCC)c(F)c5F)CC4)c(F)c3F)CC2)c(F)c1F. The molecule has 0 aromatic heterocycles. The van der Waals surface area contributed by atoms with Gasteiger partial charge in [-0.15, -0.1) is 0 Å². The Hall–Kier alpha value is -3.22. The van der Waals surface area contributed by atoms with Crippen LogP contribution in [0.5, 0.6) is 5.75 Å². The molecule has 0 amide bonds. The summed E-state index contributed by atoms with van der Waals surface area (Å²) in [6.45, 7) is 3.82. The zero-order valence-corrected chi connectivity index (χ0v) is 25.4. The van der Waals surface area contributed by atoms with E-state index in [4.69, 9.17) is 4.74 Å². The first-order valence-electron chi connectivity index (χ1n) is 15.9. The van der Waals surface area contributed by atoms with Crippen LogP contribution in [0.15, 0.2) is 48.6 Å². The van der Waals surface area contributed by atoms with Crippen LogP contribution >= 0.6 is 0 Å². The summed E-state index contributed by atoms with van der Waals surface area (Å²) in [4.78, 5) is 0. The summed E-state index contributed by atoms with van der Waals surface area (Å²) in [6.07, 6.45) is 9.27. The number of rotatable bonds is 9. The Balaban J connectivity index is 1.21. The quantitative estimate of drug-likeness (QED) is 0.172. The summed E-state index contributed by atoms with van der Waals surface area (Å²) in [6, 6.07) is 9.69. The molecule has 7 heteroatoms. The molecule has 0 bridgehead atoms. The van der Waals surface area contributed by atoms with Crippen molar-refractivity contribution in [1.82, 2.24) is 0 Å². The van der Waals surface area contributed by atoms with E-state index >= 15 is 8.78 Å². The third kappa shape index (κ3) is 6.57. The van der Waals surface area contributed by atoms with Gasteiger partial charge in [0, 0.05) is 0 Å². The van der Waals surface area contributed by atoms with Gasteiger partial charge < -0.3 is 4.74 Å². The molecule has 0 radical (unpaired) electrons. The van der Waals surface area contributed by atoms with Crippen LogP contribution in [-0.2, 0) is 6.42 Å². The van der Waals surface area contributed by atoms with E-state index in [1.165, 1.54) is 6.07 Å². The summed E-state index contributed by atoms with van der Waals surface area (Å²) in [7, 11) is 0. The topological polar surface area (TPSA) is 9.23 Å². The minimum Gasteiger partial charge on any atom is -0.491 e. The van der Waals surface area contributed by atoms with E-state index in [0.717, 1.165) is 0 Å². The lowest BCUT2D eigenvalue weighted by Crippen LogP contribution is -2.17. The molecule has 3 aromatic carbocycles. The van der Waals surface area contributed by atoms with Gasteiger partial charge in [-0.25, -0.2) is 22.0 Å². The third-order valence-electron chi connectivity index (χ3n) is 9.74. The molecule has 44 heavy (non-hydrogen) atoms. The Bertz CT molecular complexity index is 1480. The summed E-state index contributed by atoms with van der Waals surface area (Å²) in [5.74, 6) is -6.04. The zero-order valence-electron chi connectivity index (χ0n) is 25.4. The summed E-state index contributed by atoms with van der Waals surface area (Å²) in [5, 5.41) is 0. The normalized spacial score (nSPS) is 22.5. The average molecular weight is 615 g/mol. The van der Waals surface area contributed by atoms with Crippen molar-refractivity contribution < 1.29 is 31.1 Å². The highest BCUT2D eigenvalue weighted by molar-refractivity contribution is 5.36. The minimum absolute atomic E-state index is 0.112. The highest BCUT2D eigenvalue weighted by Crippen LogP contribution is 2.46. The smallest absolute Gasteiger partial charge is 0.200 e. The van der Waals surface area contributed by atoms with Crippen LogP contribution in [0.2, 0.25) is 0 Å². The first kappa shape index (κ1) is 32.2. The average Bonchev–Trinajstić information content (AvgIpc) is 3.03. The summed E-state index contributed by atoms with van der Waals surface area (Å²) >= 11 is 0. The van der Waals surface area contributed by atoms with E-state index < -0.39 is 34.9 Å². The molecule has 2 saturated carbocycles. The number of hydrogen-bond acceptors (Lipinski definition) is 1. The molecule has 5 rings (SSSR count). The molecule has 236 valence electrons. The van der Waals surface area contributed by atoms with Gasteiger partial charge in [-0.3, -0.25) is 0 Å². The van der Waals surface area contributed by atoms with Crippen molar-refractivity contribution in [1.29, 1.82) is 0 Å². The highest BCUT2D eigenvalue weighted by atomic mass is 19.2. The van der Waals surface area contributed by atoms with Gasteiger partial charge in [0.1, 0.15) is 0 Å². The Morgan fingerprint density at radius 3 is 1.39 bits per heavy atom. The van der Waals surface area contributed by atoms with E-state index in [1.54, 1.807) is 37.3 Å². The molecular weight excluding hydrogens is 574 g/mol. The van der Waals surface area contributed by atoms with Crippen molar-refractivity contribution in [3.05, 3.63) is 111 Å². The van der Waals surface area contributed by atoms with Crippen molar-refractivity contribution in [3.8, 4) is 5.75 Å². The van der Waals surface area contributed by atoms with E-state index in [0.29, 0.717) is 92.0 Å². The van der Waals surface area contributed by atoms with Crippen LogP contribution in [0, 0.1) is 34.9 Å². The standard InChI is InChI=1S/C37H40F6O/c1-3-5-6-7-26-16-17-27(33(39)32(26)38)22-8-10-23(11-9-22)28-18-19-29(35(41)34(28)40)24-12-14-25(15-13-24)30-20-21-31(44-4-2)37(43)36(30)42/h3,5,16-25H,4,6-15H2,1-2H3/b5-3+. The largest absolute Gasteiger partial charge is 0.491 e. The maximum atomic E-state index is 15.5. The Kier molecular flexibility index (Phi) is 10.4. The first-order chi connectivity index (χ1) is 21.2. The monoisotopic (exact) mass is 614 g/mol. The van der Waals surface area contributed by atoms with Crippen molar-refractivity contribution in [3.63, 3.8) is 0 Å². The molecule has 3 aromatic rings. The fourth-order valence-corrected chi connectivity index (χ4v) is 7.29. The van der Waals surface area contributed by atoms with Crippen LogP contribution in [0.4, 0.5) is 26.3 Å². The molecule has 0 unspecified atom stereocenters. The van der Waals surface area contributed by atoms with Gasteiger partial charge in [-0.05, 0) is 136 Å². The molecule has 0 heterocycles. The predicted molar refractivity (Wildman–Crippen MR) is 161 cm³/mol. The zero-order chi connectivity index (χ0) is 31.4. The van der Waals surface area contributed by atoms with Gasteiger partial charge >= 0.3 is 0 Å². The van der Waals surface area contributed by atoms with Gasteiger partial charge in [0.05, 0.1) is 6.61 Å². The number of allylic oxidation sites excluding steroid dienone is 2. The molecule has 0 N–H and O–H groups in total. The molecule has 2 fully saturated rings. The lowest BCUT2D eigenvalue weighted by molar-refractivity contribution is 0.310.